The van der Waals surface area contributed by atoms with Crippen LogP contribution in [-0.4, -0.2) is 22.6 Å². The zero-order valence-corrected chi connectivity index (χ0v) is 14.8. The quantitative estimate of drug-likeness (QED) is 0.803. The maximum Gasteiger partial charge on any atom is 0.271 e. The van der Waals surface area contributed by atoms with Gasteiger partial charge in [-0.15, -0.1) is 10.2 Å². The van der Waals surface area contributed by atoms with Crippen LogP contribution in [0.15, 0.2) is 36.4 Å². The van der Waals surface area contributed by atoms with Crippen molar-refractivity contribution >= 4 is 17.4 Å². The molecule has 1 aromatic carbocycles. The fourth-order valence-corrected chi connectivity index (χ4v) is 2.34. The predicted octanol–water partition coefficient (Wildman–Crippen LogP) is 4.12. The lowest BCUT2D eigenvalue weighted by Gasteiger charge is -2.13. The molecule has 0 saturated heterocycles. The Labute approximate surface area is 143 Å². The molecule has 1 amide bonds. The normalized spacial score (nSPS) is 10.9. The van der Waals surface area contributed by atoms with Crippen LogP contribution in [0.5, 0.6) is 0 Å². The van der Waals surface area contributed by atoms with Gasteiger partial charge in [-0.1, -0.05) is 45.9 Å². The van der Waals surface area contributed by atoms with Gasteiger partial charge in [0.2, 0.25) is 0 Å². The van der Waals surface area contributed by atoms with Gasteiger partial charge < -0.3 is 10.6 Å². The highest BCUT2D eigenvalue weighted by Crippen LogP contribution is 2.25. The molecule has 0 unspecified atom stereocenters. The Balaban J connectivity index is 2.01. The molecular weight excluding hydrogens is 300 g/mol. The van der Waals surface area contributed by atoms with E-state index in [0.29, 0.717) is 29.9 Å². The summed E-state index contributed by atoms with van der Waals surface area (Å²) in [6, 6.07) is 11.6. The Hall–Kier alpha value is -2.43. The van der Waals surface area contributed by atoms with E-state index in [0.717, 1.165) is 12.1 Å². The third kappa shape index (κ3) is 5.05. The Kier molecular flexibility index (Phi) is 6.29. The van der Waals surface area contributed by atoms with Crippen molar-refractivity contribution in [2.75, 3.05) is 11.9 Å². The average Bonchev–Trinajstić information content (AvgIpc) is 2.55. The van der Waals surface area contributed by atoms with Gasteiger partial charge in [0.15, 0.2) is 11.5 Å². The Morgan fingerprint density at radius 3 is 2.42 bits per heavy atom. The second-order valence-corrected chi connectivity index (χ2v) is 6.61. The van der Waals surface area contributed by atoms with Crippen molar-refractivity contribution in [1.82, 2.24) is 15.5 Å². The minimum atomic E-state index is -0.183. The van der Waals surface area contributed by atoms with Crippen LogP contribution in [0.1, 0.15) is 56.1 Å². The number of hydrogen-bond donors (Lipinski definition) is 2. The molecule has 2 N–H and O–H groups in total. The fourth-order valence-electron chi connectivity index (χ4n) is 2.34. The molecular formula is C19H26N4O. The molecule has 0 aliphatic rings. The van der Waals surface area contributed by atoms with Gasteiger partial charge in [0.25, 0.3) is 5.91 Å². The molecule has 2 rings (SSSR count). The number of para-hydroxylation sites is 1. The molecule has 2 aromatic rings. The summed E-state index contributed by atoms with van der Waals surface area (Å²) >= 11 is 0. The minimum Gasteiger partial charge on any atom is -0.351 e. The van der Waals surface area contributed by atoms with E-state index in [-0.39, 0.29) is 5.91 Å². The van der Waals surface area contributed by atoms with Crippen molar-refractivity contribution in [3.8, 4) is 0 Å². The predicted molar refractivity (Wildman–Crippen MR) is 97.6 cm³/mol. The van der Waals surface area contributed by atoms with E-state index in [2.05, 4.69) is 54.6 Å². The molecule has 0 aliphatic carbocycles. The maximum atomic E-state index is 12.0. The topological polar surface area (TPSA) is 66.9 Å². The van der Waals surface area contributed by atoms with Gasteiger partial charge >= 0.3 is 0 Å². The standard InChI is InChI=1S/C19H26N4O/c1-13(2)11-12-20-19(24)17-9-10-18(23-22-17)21-16-8-6-5-7-15(16)14(3)4/h5-10,13-14H,11-12H2,1-4H3,(H,20,24)(H,21,23). The van der Waals surface area contributed by atoms with Gasteiger partial charge in [-0.2, -0.15) is 0 Å². The summed E-state index contributed by atoms with van der Waals surface area (Å²) in [6.07, 6.45) is 0.949. The van der Waals surface area contributed by atoms with Crippen LogP contribution in [-0.2, 0) is 0 Å². The summed E-state index contributed by atoms with van der Waals surface area (Å²) in [5.74, 6) is 1.41. The third-order valence-electron chi connectivity index (χ3n) is 3.75. The molecule has 0 saturated carbocycles. The van der Waals surface area contributed by atoms with Crippen LogP contribution in [0.2, 0.25) is 0 Å². The summed E-state index contributed by atoms with van der Waals surface area (Å²) in [7, 11) is 0. The maximum absolute atomic E-state index is 12.0. The van der Waals surface area contributed by atoms with Crippen molar-refractivity contribution in [1.29, 1.82) is 0 Å². The van der Waals surface area contributed by atoms with Crippen LogP contribution in [0.4, 0.5) is 11.5 Å². The summed E-state index contributed by atoms with van der Waals surface area (Å²) < 4.78 is 0. The summed E-state index contributed by atoms with van der Waals surface area (Å²) in [5, 5.41) is 14.3. The average molecular weight is 326 g/mol. The number of benzene rings is 1. The van der Waals surface area contributed by atoms with E-state index in [9.17, 15) is 4.79 Å². The molecule has 24 heavy (non-hydrogen) atoms. The molecule has 0 spiro atoms. The first kappa shape index (κ1) is 17.9. The van der Waals surface area contributed by atoms with E-state index in [1.165, 1.54) is 5.56 Å². The van der Waals surface area contributed by atoms with Crippen LogP contribution in [0, 0.1) is 5.92 Å². The molecule has 0 fully saturated rings. The van der Waals surface area contributed by atoms with Crippen LogP contribution >= 0.6 is 0 Å². The molecule has 0 atom stereocenters. The van der Waals surface area contributed by atoms with Crippen molar-refractivity contribution in [2.24, 2.45) is 5.92 Å². The van der Waals surface area contributed by atoms with Crippen LogP contribution in [0.25, 0.3) is 0 Å². The number of hydrogen-bond acceptors (Lipinski definition) is 4. The van der Waals surface area contributed by atoms with Crippen LogP contribution in [0.3, 0.4) is 0 Å². The zero-order valence-electron chi connectivity index (χ0n) is 14.8. The summed E-state index contributed by atoms with van der Waals surface area (Å²) in [6.45, 7) is 9.20. The summed E-state index contributed by atoms with van der Waals surface area (Å²) in [5.41, 5.74) is 2.56. The minimum absolute atomic E-state index is 0.183. The van der Waals surface area contributed by atoms with Gasteiger partial charge in [0.05, 0.1) is 0 Å². The van der Waals surface area contributed by atoms with E-state index in [4.69, 9.17) is 0 Å². The molecule has 1 aromatic heterocycles. The number of carbonyl (C=O) groups excluding carboxylic acids is 1. The van der Waals surface area contributed by atoms with E-state index >= 15 is 0 Å². The monoisotopic (exact) mass is 326 g/mol. The van der Waals surface area contributed by atoms with Crippen molar-refractivity contribution in [3.63, 3.8) is 0 Å². The molecule has 0 radical (unpaired) electrons. The largest absolute Gasteiger partial charge is 0.351 e. The number of aromatic nitrogens is 2. The van der Waals surface area contributed by atoms with Crippen molar-refractivity contribution < 1.29 is 4.79 Å². The van der Waals surface area contributed by atoms with Gasteiger partial charge in [0, 0.05) is 12.2 Å². The first-order valence-electron chi connectivity index (χ1n) is 8.45. The smallest absolute Gasteiger partial charge is 0.271 e. The molecule has 1 heterocycles. The number of anilines is 2. The number of nitrogens with zero attached hydrogens (tertiary/aromatic N) is 2. The number of nitrogens with one attached hydrogen (secondary N) is 2. The Morgan fingerprint density at radius 2 is 1.79 bits per heavy atom. The zero-order chi connectivity index (χ0) is 17.5. The van der Waals surface area contributed by atoms with Crippen molar-refractivity contribution in [3.05, 3.63) is 47.7 Å². The lowest BCUT2D eigenvalue weighted by Crippen LogP contribution is -2.26. The molecule has 0 aliphatic heterocycles. The Bertz CT molecular complexity index is 665. The van der Waals surface area contributed by atoms with Gasteiger partial charge in [-0.25, -0.2) is 0 Å². The first-order valence-corrected chi connectivity index (χ1v) is 8.45. The SMILES string of the molecule is CC(C)CCNC(=O)c1ccc(Nc2ccccc2C(C)C)nn1. The highest BCUT2D eigenvalue weighted by Gasteiger charge is 2.10. The van der Waals surface area contributed by atoms with Gasteiger partial charge in [0.1, 0.15) is 0 Å². The molecule has 128 valence electrons. The van der Waals surface area contributed by atoms with E-state index in [1.54, 1.807) is 12.1 Å². The van der Waals surface area contributed by atoms with Gasteiger partial charge in [-0.3, -0.25) is 4.79 Å². The van der Waals surface area contributed by atoms with E-state index in [1.807, 2.05) is 18.2 Å². The lowest BCUT2D eigenvalue weighted by atomic mass is 10.0. The van der Waals surface area contributed by atoms with Crippen molar-refractivity contribution in [2.45, 2.75) is 40.0 Å². The van der Waals surface area contributed by atoms with E-state index < -0.39 is 0 Å². The number of amides is 1. The second kappa shape index (κ2) is 8.43. The Morgan fingerprint density at radius 1 is 1.04 bits per heavy atom. The molecule has 0 bridgehead atoms. The summed E-state index contributed by atoms with van der Waals surface area (Å²) in [4.78, 5) is 12.0. The highest BCUT2D eigenvalue weighted by molar-refractivity contribution is 5.92. The molecule has 5 heteroatoms. The first-order chi connectivity index (χ1) is 11.5. The third-order valence-corrected chi connectivity index (χ3v) is 3.75. The highest BCUT2D eigenvalue weighted by atomic mass is 16.1. The second-order valence-electron chi connectivity index (χ2n) is 6.61. The number of rotatable bonds is 7. The molecule has 5 nitrogen and oxygen atoms in total. The van der Waals surface area contributed by atoms with Crippen LogP contribution < -0.4 is 10.6 Å². The number of carbonyl (C=O) groups is 1. The fraction of sp³-hybridized carbons (Fsp3) is 0.421. The lowest BCUT2D eigenvalue weighted by molar-refractivity contribution is 0.0946. The van der Waals surface area contributed by atoms with Gasteiger partial charge in [-0.05, 0) is 42.0 Å².